The first kappa shape index (κ1) is 23.9. The summed E-state index contributed by atoms with van der Waals surface area (Å²) < 4.78 is 66.8. The SMILES string of the molecule is N#Cc1ccn2ncc(-c3ncc4[nH]c(=O)n([C@H]5CCCN(S(=O)(=O)CCC(F)(F)F)C5)c4n3)c2c1. The molecule has 0 bridgehead atoms. The van der Waals surface area contributed by atoms with E-state index in [4.69, 9.17) is 0 Å². The van der Waals surface area contributed by atoms with Gasteiger partial charge in [0.25, 0.3) is 0 Å². The molecule has 5 rings (SSSR count). The van der Waals surface area contributed by atoms with E-state index in [0.717, 1.165) is 4.31 Å². The number of sulfonamides is 1. The quantitative estimate of drug-likeness (QED) is 0.425. The number of aromatic nitrogens is 6. The third kappa shape index (κ3) is 4.44. The van der Waals surface area contributed by atoms with Crippen molar-refractivity contribution in [3.8, 4) is 17.5 Å². The Morgan fingerprint density at radius 2 is 2.08 bits per heavy atom. The summed E-state index contributed by atoms with van der Waals surface area (Å²) in [4.78, 5) is 24.3. The lowest BCUT2D eigenvalue weighted by Gasteiger charge is -2.32. The third-order valence-corrected chi connectivity index (χ3v) is 7.95. The lowest BCUT2D eigenvalue weighted by Crippen LogP contribution is -2.43. The van der Waals surface area contributed by atoms with Crippen molar-refractivity contribution in [2.75, 3.05) is 18.8 Å². The molecule has 0 saturated carbocycles. The zero-order valence-electron chi connectivity index (χ0n) is 18.6. The van der Waals surface area contributed by atoms with Crippen LogP contribution >= 0.6 is 0 Å². The van der Waals surface area contributed by atoms with Crippen LogP contribution in [0.3, 0.4) is 0 Å². The van der Waals surface area contributed by atoms with E-state index in [-0.39, 0.29) is 24.6 Å². The van der Waals surface area contributed by atoms with Gasteiger partial charge in [0, 0.05) is 19.3 Å². The van der Waals surface area contributed by atoms with Gasteiger partial charge in [-0.1, -0.05) is 0 Å². The minimum Gasteiger partial charge on any atom is -0.303 e. The van der Waals surface area contributed by atoms with Crippen molar-refractivity contribution in [1.82, 2.24) is 33.4 Å². The van der Waals surface area contributed by atoms with Gasteiger partial charge < -0.3 is 4.98 Å². The van der Waals surface area contributed by atoms with Gasteiger partial charge in [-0.25, -0.2) is 27.7 Å². The topological polar surface area (TPSA) is 142 Å². The highest BCUT2D eigenvalue weighted by Crippen LogP contribution is 2.28. The second-order valence-corrected chi connectivity index (χ2v) is 10.6. The van der Waals surface area contributed by atoms with Crippen LogP contribution in [0.15, 0.2) is 35.5 Å². The molecule has 188 valence electrons. The van der Waals surface area contributed by atoms with Gasteiger partial charge in [0.05, 0.1) is 53.3 Å². The Morgan fingerprint density at radius 1 is 1.28 bits per heavy atom. The molecule has 15 heteroatoms. The van der Waals surface area contributed by atoms with Crippen molar-refractivity contribution in [3.63, 3.8) is 0 Å². The molecule has 0 amide bonds. The molecule has 0 spiro atoms. The van der Waals surface area contributed by atoms with Gasteiger partial charge in [0.1, 0.15) is 5.52 Å². The van der Waals surface area contributed by atoms with Crippen LogP contribution in [0.25, 0.3) is 28.1 Å². The normalized spacial score (nSPS) is 17.6. The van der Waals surface area contributed by atoms with E-state index >= 15 is 0 Å². The monoisotopic (exact) mass is 520 g/mol. The molecule has 5 heterocycles. The number of rotatable bonds is 5. The van der Waals surface area contributed by atoms with E-state index in [1.807, 2.05) is 0 Å². The molecule has 1 aliphatic rings. The fourth-order valence-electron chi connectivity index (χ4n) is 4.37. The fraction of sp³-hybridized carbons (Fsp3) is 0.381. The maximum Gasteiger partial charge on any atom is 0.390 e. The number of piperidine rings is 1. The molecule has 1 fully saturated rings. The number of H-pyrrole nitrogens is 1. The molecule has 1 N–H and O–H groups in total. The van der Waals surface area contributed by atoms with E-state index in [9.17, 15) is 31.6 Å². The summed E-state index contributed by atoms with van der Waals surface area (Å²) in [7, 11) is -4.16. The number of aromatic amines is 1. The third-order valence-electron chi connectivity index (χ3n) is 6.11. The zero-order valence-corrected chi connectivity index (χ0v) is 19.4. The molecular formula is C21H19F3N8O3S. The van der Waals surface area contributed by atoms with Gasteiger partial charge in [-0.2, -0.15) is 27.8 Å². The highest BCUT2D eigenvalue weighted by molar-refractivity contribution is 7.89. The Bertz CT molecular complexity index is 1670. The van der Waals surface area contributed by atoms with Crippen LogP contribution in [-0.2, 0) is 10.0 Å². The Labute approximate surface area is 201 Å². The summed E-state index contributed by atoms with van der Waals surface area (Å²) in [5, 5.41) is 13.5. The van der Waals surface area contributed by atoms with Gasteiger partial charge in [-0.05, 0) is 25.0 Å². The minimum absolute atomic E-state index is 0.0810. The standard InChI is InChI=1S/C21H19F3N8O3S/c22-21(23,24)4-7-36(34,35)30-5-1-2-14(12-30)32-19-16(28-20(32)33)11-26-18(29-19)15-10-27-31-6-3-13(9-25)8-17(15)31/h3,6,8,10-11,14H,1-2,4-5,7,12H2,(H,28,33)/t14-/m0/s1. The highest BCUT2D eigenvalue weighted by Gasteiger charge is 2.35. The predicted octanol–water partition coefficient (Wildman–Crippen LogP) is 2.23. The molecule has 0 aromatic carbocycles. The summed E-state index contributed by atoms with van der Waals surface area (Å²) in [5.74, 6) is -0.802. The van der Waals surface area contributed by atoms with Crippen LogP contribution in [-0.4, -0.2) is 66.9 Å². The molecule has 0 aliphatic carbocycles. The maximum absolute atomic E-state index is 12.8. The Kier molecular flexibility index (Phi) is 5.80. The molecule has 1 atom stereocenters. The first-order valence-corrected chi connectivity index (χ1v) is 12.6. The average Bonchev–Trinajstić information content (AvgIpc) is 3.41. The van der Waals surface area contributed by atoms with Crippen LogP contribution in [0.5, 0.6) is 0 Å². The number of alkyl halides is 3. The van der Waals surface area contributed by atoms with E-state index in [1.165, 1.54) is 17.0 Å². The molecule has 4 aromatic rings. The molecular weight excluding hydrogens is 501 g/mol. The second-order valence-electron chi connectivity index (χ2n) is 8.48. The first-order valence-electron chi connectivity index (χ1n) is 11.0. The summed E-state index contributed by atoms with van der Waals surface area (Å²) in [5.41, 5.74) is 1.56. The van der Waals surface area contributed by atoms with Crippen LogP contribution in [0.4, 0.5) is 13.2 Å². The smallest absolute Gasteiger partial charge is 0.303 e. The van der Waals surface area contributed by atoms with Gasteiger partial charge >= 0.3 is 11.9 Å². The molecule has 1 saturated heterocycles. The van der Waals surface area contributed by atoms with Gasteiger partial charge in [-0.15, -0.1) is 0 Å². The van der Waals surface area contributed by atoms with E-state index < -0.39 is 40.1 Å². The molecule has 0 unspecified atom stereocenters. The van der Waals surface area contributed by atoms with Crippen LogP contribution < -0.4 is 5.69 Å². The molecule has 1 aliphatic heterocycles. The van der Waals surface area contributed by atoms with Crippen molar-refractivity contribution < 1.29 is 21.6 Å². The van der Waals surface area contributed by atoms with Gasteiger partial charge in [-0.3, -0.25) is 4.57 Å². The Balaban J connectivity index is 1.51. The van der Waals surface area contributed by atoms with Crippen LogP contribution in [0.1, 0.15) is 30.9 Å². The number of hydrogen-bond donors (Lipinski definition) is 1. The van der Waals surface area contributed by atoms with Gasteiger partial charge in [0.2, 0.25) is 10.0 Å². The lowest BCUT2D eigenvalue weighted by molar-refractivity contribution is -0.130. The van der Waals surface area contributed by atoms with Crippen LogP contribution in [0, 0.1) is 11.3 Å². The van der Waals surface area contributed by atoms with E-state index in [1.54, 1.807) is 22.8 Å². The minimum atomic E-state index is -4.59. The number of fused-ring (bicyclic) bond motifs is 2. The zero-order chi connectivity index (χ0) is 25.7. The van der Waals surface area contributed by atoms with E-state index in [2.05, 4.69) is 26.1 Å². The van der Waals surface area contributed by atoms with Crippen molar-refractivity contribution >= 4 is 26.7 Å². The van der Waals surface area contributed by atoms with Gasteiger partial charge in [0.15, 0.2) is 11.5 Å². The molecule has 36 heavy (non-hydrogen) atoms. The van der Waals surface area contributed by atoms with Crippen molar-refractivity contribution in [2.45, 2.75) is 31.5 Å². The maximum atomic E-state index is 12.8. The Morgan fingerprint density at radius 3 is 2.83 bits per heavy atom. The van der Waals surface area contributed by atoms with Crippen molar-refractivity contribution in [1.29, 1.82) is 5.26 Å². The van der Waals surface area contributed by atoms with Crippen LogP contribution in [0.2, 0.25) is 0 Å². The fourth-order valence-corrected chi connectivity index (χ4v) is 5.92. The second kappa shape index (κ2) is 8.71. The average molecular weight is 520 g/mol. The molecule has 0 radical (unpaired) electrons. The molecule has 4 aromatic heterocycles. The highest BCUT2D eigenvalue weighted by atomic mass is 32.2. The lowest BCUT2D eigenvalue weighted by atomic mass is 10.1. The number of imidazole rings is 1. The van der Waals surface area contributed by atoms with Crippen molar-refractivity contribution in [3.05, 3.63) is 46.8 Å². The largest absolute Gasteiger partial charge is 0.390 e. The summed E-state index contributed by atoms with van der Waals surface area (Å²) in [6.07, 6.45) is -0.630. The summed E-state index contributed by atoms with van der Waals surface area (Å²) in [6.45, 7) is -0.0632. The number of nitrogens with zero attached hydrogens (tertiary/aromatic N) is 7. The van der Waals surface area contributed by atoms with Crippen molar-refractivity contribution in [2.24, 2.45) is 0 Å². The Hall–Kier alpha value is -3.77. The number of nitrogens with one attached hydrogen (secondary N) is 1. The number of hydrogen-bond acceptors (Lipinski definition) is 7. The molecule has 11 nitrogen and oxygen atoms in total. The summed E-state index contributed by atoms with van der Waals surface area (Å²) in [6, 6.07) is 4.67. The number of nitriles is 1. The van der Waals surface area contributed by atoms with E-state index in [0.29, 0.717) is 35.0 Å². The summed E-state index contributed by atoms with van der Waals surface area (Å²) >= 11 is 0. The predicted molar refractivity (Wildman–Crippen MR) is 121 cm³/mol. The number of pyridine rings is 1. The first-order chi connectivity index (χ1) is 17.1. The number of halogens is 3.